The minimum Gasteiger partial charge on any atom is -0.383 e. The van der Waals surface area contributed by atoms with Gasteiger partial charge in [-0.1, -0.05) is 13.2 Å². The van der Waals surface area contributed by atoms with Crippen LogP contribution in [-0.2, 0) is 4.74 Å². The van der Waals surface area contributed by atoms with Gasteiger partial charge in [0.25, 0.3) is 0 Å². The summed E-state index contributed by atoms with van der Waals surface area (Å²) in [5.74, 6) is -2.90. The Bertz CT molecular complexity index is 949. The molecule has 1 aliphatic heterocycles. The average molecular weight is 376 g/mol. The van der Waals surface area contributed by atoms with Gasteiger partial charge in [-0.05, 0) is 31.4 Å². The number of carbonyl (C=O) groups excluding carboxylic acids is 1. The van der Waals surface area contributed by atoms with Crippen LogP contribution in [0.3, 0.4) is 0 Å². The van der Waals surface area contributed by atoms with Crippen molar-refractivity contribution in [2.45, 2.75) is 25.5 Å². The smallest absolute Gasteiger partial charge is 0.216 e. The molecule has 0 aliphatic carbocycles. The second-order valence-electron chi connectivity index (χ2n) is 6.14. The first-order chi connectivity index (χ1) is 13.0. The summed E-state index contributed by atoms with van der Waals surface area (Å²) in [5.41, 5.74) is -0.579. The quantitative estimate of drug-likeness (QED) is 0.469. The maximum absolute atomic E-state index is 14.5. The highest BCUT2D eigenvalue weighted by molar-refractivity contribution is 6.15. The number of hydrogen-bond acceptors (Lipinski definition) is 5. The molecule has 1 saturated heterocycles. The Morgan fingerprint density at radius 1 is 1.41 bits per heavy atom. The van der Waals surface area contributed by atoms with Gasteiger partial charge in [0.2, 0.25) is 5.78 Å². The van der Waals surface area contributed by atoms with E-state index in [2.05, 4.69) is 28.6 Å². The standard InChI is InChI=1S/C19H20F2N4O2.H2/c1-11(15(21)16(22-3)12(2)20)18(26)17-13-7-6-9-23-19(13)25(24-17)14-8-4-5-10-27-14;/h6-7,9,14,22H,1-2,4-5,8,10H2,3H3;1H/b16-15-;. The van der Waals surface area contributed by atoms with Gasteiger partial charge in [-0.3, -0.25) is 4.79 Å². The molecule has 0 bridgehead atoms. The van der Waals surface area contributed by atoms with Crippen LogP contribution in [0.5, 0.6) is 0 Å². The Hall–Kier alpha value is -2.87. The number of allylic oxidation sites excluding steroid dienone is 3. The van der Waals surface area contributed by atoms with Crippen molar-refractivity contribution in [1.29, 1.82) is 0 Å². The van der Waals surface area contributed by atoms with Gasteiger partial charge < -0.3 is 10.1 Å². The van der Waals surface area contributed by atoms with Crippen LogP contribution in [0, 0.1) is 0 Å². The topological polar surface area (TPSA) is 69.0 Å². The van der Waals surface area contributed by atoms with Crippen LogP contribution in [0.2, 0.25) is 0 Å². The van der Waals surface area contributed by atoms with Crippen LogP contribution in [0.25, 0.3) is 11.0 Å². The van der Waals surface area contributed by atoms with E-state index in [9.17, 15) is 13.6 Å². The lowest BCUT2D eigenvalue weighted by Crippen LogP contribution is -2.20. The number of likely N-dealkylation sites (N-methyl/N-ethyl adjacent to an activating group) is 1. The lowest BCUT2D eigenvalue weighted by atomic mass is 10.1. The van der Waals surface area contributed by atoms with Crippen molar-refractivity contribution in [3.8, 4) is 0 Å². The molecular formula is C19H22F2N4O2. The number of aromatic nitrogens is 3. The number of rotatable bonds is 6. The van der Waals surface area contributed by atoms with Gasteiger partial charge in [-0.2, -0.15) is 5.10 Å². The first kappa shape index (κ1) is 18.9. The number of Topliss-reactive ketones (excluding diaryl/α,β-unsaturated/α-hetero) is 1. The molecule has 1 N–H and O–H groups in total. The Kier molecular flexibility index (Phi) is 5.46. The van der Waals surface area contributed by atoms with Crippen molar-refractivity contribution in [2.75, 3.05) is 13.7 Å². The predicted octanol–water partition coefficient (Wildman–Crippen LogP) is 4.00. The van der Waals surface area contributed by atoms with Crippen molar-refractivity contribution < 1.29 is 19.7 Å². The maximum Gasteiger partial charge on any atom is 0.216 e. The van der Waals surface area contributed by atoms with Gasteiger partial charge in [-0.15, -0.1) is 0 Å². The minimum atomic E-state index is -1.12. The summed E-state index contributed by atoms with van der Waals surface area (Å²) in [7, 11) is 1.33. The summed E-state index contributed by atoms with van der Waals surface area (Å²) in [5, 5.41) is 7.14. The van der Waals surface area contributed by atoms with E-state index < -0.39 is 28.7 Å². The number of fused-ring (bicyclic) bond motifs is 1. The Morgan fingerprint density at radius 2 is 2.19 bits per heavy atom. The Morgan fingerprint density at radius 3 is 2.81 bits per heavy atom. The second-order valence-corrected chi connectivity index (χ2v) is 6.14. The number of nitrogens with zero attached hydrogens (tertiary/aromatic N) is 3. The summed E-state index contributed by atoms with van der Waals surface area (Å²) in [6.45, 7) is 7.12. The SMILES string of the molecule is C=C(C(=O)c1nn(C2CCCCO2)c2ncccc12)/C(F)=C(/NC)C(=C)F.[HH]. The minimum absolute atomic E-state index is 0. The van der Waals surface area contributed by atoms with Gasteiger partial charge in [-0.25, -0.2) is 18.4 Å². The number of halogens is 2. The molecule has 1 atom stereocenters. The highest BCUT2D eigenvalue weighted by Crippen LogP contribution is 2.29. The average Bonchev–Trinajstić information content (AvgIpc) is 3.07. The van der Waals surface area contributed by atoms with E-state index >= 15 is 0 Å². The molecule has 2 aromatic heterocycles. The second kappa shape index (κ2) is 7.79. The van der Waals surface area contributed by atoms with Crippen LogP contribution in [-0.4, -0.2) is 34.2 Å². The first-order valence-corrected chi connectivity index (χ1v) is 8.56. The van der Waals surface area contributed by atoms with Gasteiger partial charge >= 0.3 is 0 Å². The molecule has 3 heterocycles. The molecule has 2 aromatic rings. The fourth-order valence-corrected chi connectivity index (χ4v) is 3.02. The van der Waals surface area contributed by atoms with E-state index in [1.807, 2.05) is 0 Å². The van der Waals surface area contributed by atoms with Crippen LogP contribution in [0.4, 0.5) is 8.78 Å². The van der Waals surface area contributed by atoms with Crippen LogP contribution >= 0.6 is 0 Å². The fourth-order valence-electron chi connectivity index (χ4n) is 3.02. The van der Waals surface area contributed by atoms with Gasteiger partial charge in [0.1, 0.15) is 17.2 Å². The molecule has 8 heteroatoms. The zero-order valence-electron chi connectivity index (χ0n) is 15.0. The monoisotopic (exact) mass is 376 g/mol. The third kappa shape index (κ3) is 3.52. The van der Waals surface area contributed by atoms with Gasteiger partial charge in [0.15, 0.2) is 17.7 Å². The normalized spacial score (nSPS) is 18.1. The number of pyridine rings is 1. The Balaban J connectivity index is 0.00000280. The largest absolute Gasteiger partial charge is 0.383 e. The molecular weight excluding hydrogens is 354 g/mol. The molecule has 3 rings (SSSR count). The van der Waals surface area contributed by atoms with E-state index in [4.69, 9.17) is 4.74 Å². The zero-order chi connectivity index (χ0) is 19.6. The summed E-state index contributed by atoms with van der Waals surface area (Å²) in [4.78, 5) is 17.1. The number of ketones is 1. The maximum atomic E-state index is 14.5. The van der Waals surface area contributed by atoms with Gasteiger partial charge in [0, 0.05) is 21.3 Å². The van der Waals surface area contributed by atoms with E-state index in [1.54, 1.807) is 23.0 Å². The zero-order valence-corrected chi connectivity index (χ0v) is 15.0. The molecule has 1 fully saturated rings. The molecule has 27 heavy (non-hydrogen) atoms. The molecule has 0 aromatic carbocycles. The summed E-state index contributed by atoms with van der Waals surface area (Å²) in [6, 6.07) is 3.33. The molecule has 144 valence electrons. The van der Waals surface area contributed by atoms with Crippen LogP contribution in [0.15, 0.2) is 54.4 Å². The van der Waals surface area contributed by atoms with Crippen molar-refractivity contribution in [3.05, 3.63) is 60.1 Å². The lowest BCUT2D eigenvalue weighted by Gasteiger charge is -2.22. The van der Waals surface area contributed by atoms with E-state index in [-0.39, 0.29) is 13.3 Å². The van der Waals surface area contributed by atoms with Gasteiger partial charge in [0.05, 0.1) is 11.0 Å². The number of ether oxygens (including phenoxy) is 1. The molecule has 1 aliphatic rings. The number of nitrogens with one attached hydrogen (secondary N) is 1. The molecule has 0 spiro atoms. The highest BCUT2D eigenvalue weighted by Gasteiger charge is 2.27. The van der Waals surface area contributed by atoms with Crippen molar-refractivity contribution in [2.24, 2.45) is 0 Å². The molecule has 0 amide bonds. The highest BCUT2D eigenvalue weighted by atomic mass is 19.1. The first-order valence-electron chi connectivity index (χ1n) is 8.56. The summed E-state index contributed by atoms with van der Waals surface area (Å²) in [6.07, 6.45) is 3.91. The molecule has 1 unspecified atom stereocenters. The van der Waals surface area contributed by atoms with Crippen LogP contribution < -0.4 is 5.32 Å². The molecule has 0 saturated carbocycles. The molecule has 6 nitrogen and oxygen atoms in total. The third-order valence-corrected chi connectivity index (χ3v) is 4.39. The van der Waals surface area contributed by atoms with Crippen molar-refractivity contribution >= 4 is 16.8 Å². The lowest BCUT2D eigenvalue weighted by molar-refractivity contribution is -0.0371. The number of hydrogen-bond donors (Lipinski definition) is 1. The summed E-state index contributed by atoms with van der Waals surface area (Å²) >= 11 is 0. The van der Waals surface area contributed by atoms with Crippen molar-refractivity contribution in [1.82, 2.24) is 20.1 Å². The van der Waals surface area contributed by atoms with Crippen LogP contribution in [0.1, 0.15) is 37.4 Å². The summed E-state index contributed by atoms with van der Waals surface area (Å²) < 4.78 is 35.2. The van der Waals surface area contributed by atoms with E-state index in [0.29, 0.717) is 17.6 Å². The number of carbonyl (C=O) groups is 1. The van der Waals surface area contributed by atoms with E-state index in [1.165, 1.54) is 7.05 Å². The van der Waals surface area contributed by atoms with Crippen molar-refractivity contribution in [3.63, 3.8) is 0 Å². The predicted molar refractivity (Wildman–Crippen MR) is 99.4 cm³/mol. The fraction of sp³-hybridized carbons (Fsp3) is 0.316. The molecule has 0 radical (unpaired) electrons. The third-order valence-electron chi connectivity index (χ3n) is 4.39. The Labute approximate surface area is 156 Å². The van der Waals surface area contributed by atoms with E-state index in [0.717, 1.165) is 19.3 Å².